The molecule has 1 unspecified atom stereocenters. The number of benzene rings is 1. The van der Waals surface area contributed by atoms with Crippen LogP contribution in [-0.4, -0.2) is 43.9 Å². The molecule has 3 N–H and O–H groups in total. The molecule has 0 saturated carbocycles. The Hall–Kier alpha value is -3.55. The molecule has 14 heteroatoms. The Balaban J connectivity index is 1.70. The molecule has 3 aromatic rings. The molecule has 4 heterocycles. The fourth-order valence-corrected chi connectivity index (χ4v) is 4.94. The highest BCUT2D eigenvalue weighted by molar-refractivity contribution is 6.31. The fraction of sp³-hybridized carbons (Fsp3) is 0.333. The first kappa shape index (κ1) is 26.1. The van der Waals surface area contributed by atoms with E-state index in [1.807, 2.05) is 5.32 Å². The summed E-state index contributed by atoms with van der Waals surface area (Å²) < 4.78 is 59.1. The topological polar surface area (TPSA) is 131 Å². The summed E-state index contributed by atoms with van der Waals surface area (Å²) in [5, 5.41) is 22.2. The molecule has 0 spiro atoms. The van der Waals surface area contributed by atoms with Gasteiger partial charge in [0.05, 0.1) is 34.0 Å². The lowest BCUT2D eigenvalue weighted by atomic mass is 9.86. The van der Waals surface area contributed by atoms with E-state index in [9.17, 15) is 42.2 Å². The second kappa shape index (κ2) is 8.75. The lowest BCUT2D eigenvalue weighted by Gasteiger charge is -2.31. The number of aliphatic hydroxyl groups excluding tert-OH is 1. The molecular weight excluding hydrogens is 538 g/mol. The van der Waals surface area contributed by atoms with Crippen LogP contribution in [0.4, 0.5) is 17.6 Å². The summed E-state index contributed by atoms with van der Waals surface area (Å²) in [6, 6.07) is 3.60. The third-order valence-corrected chi connectivity index (χ3v) is 7.14. The Bertz CT molecular complexity index is 1610. The number of rotatable bonds is 4. The number of amides is 1. The Morgan fingerprint density at radius 2 is 2.00 bits per heavy atom. The highest BCUT2D eigenvalue weighted by atomic mass is 35.5. The van der Waals surface area contributed by atoms with Gasteiger partial charge in [0.2, 0.25) is 6.10 Å². The molecule has 1 aromatic carbocycles. The van der Waals surface area contributed by atoms with Crippen molar-refractivity contribution >= 4 is 34.4 Å². The van der Waals surface area contributed by atoms with Crippen LogP contribution in [0.5, 0.6) is 0 Å². The predicted octanol–water partition coefficient (Wildman–Crippen LogP) is 2.41. The molecule has 38 heavy (non-hydrogen) atoms. The monoisotopic (exact) mass is 555 g/mol. The third-order valence-electron chi connectivity index (χ3n) is 6.85. The number of carbonyl (C=O) groups is 2. The van der Waals surface area contributed by atoms with Gasteiger partial charge in [0.15, 0.2) is 5.60 Å². The molecular formula is C24H18ClF4N3O6. The van der Waals surface area contributed by atoms with Crippen molar-refractivity contribution in [2.45, 2.75) is 50.9 Å². The van der Waals surface area contributed by atoms with Gasteiger partial charge >= 0.3 is 12.1 Å². The van der Waals surface area contributed by atoms with Crippen LogP contribution in [0.15, 0.2) is 23.0 Å². The largest absolute Gasteiger partial charge is 0.458 e. The Labute approximate surface area is 215 Å². The lowest BCUT2D eigenvalue weighted by molar-refractivity contribution is -0.205. The van der Waals surface area contributed by atoms with Gasteiger partial charge in [0.1, 0.15) is 12.4 Å². The summed E-state index contributed by atoms with van der Waals surface area (Å²) >= 11 is 5.94. The molecule has 0 aliphatic carbocycles. The van der Waals surface area contributed by atoms with Crippen molar-refractivity contribution in [3.8, 4) is 11.4 Å². The van der Waals surface area contributed by atoms with E-state index in [1.165, 1.54) is 23.6 Å². The minimum absolute atomic E-state index is 0.0232. The van der Waals surface area contributed by atoms with Crippen molar-refractivity contribution in [1.29, 1.82) is 0 Å². The predicted molar refractivity (Wildman–Crippen MR) is 123 cm³/mol. The average molecular weight is 556 g/mol. The number of hydrogen-bond acceptors (Lipinski definition) is 7. The maximum atomic E-state index is 14.3. The van der Waals surface area contributed by atoms with Gasteiger partial charge in [-0.2, -0.15) is 13.2 Å². The number of ether oxygens (including phenoxy) is 1. The zero-order chi connectivity index (χ0) is 27.7. The second-order valence-corrected chi connectivity index (χ2v) is 9.37. The molecule has 200 valence electrons. The number of carbonyl (C=O) groups excluding carboxylic acids is 2. The normalized spacial score (nSPS) is 19.0. The standard InChI is InChI=1S/C24H18ClF4N3O6/c1-2-23(37)13-4-17-18-11(7-32(17)21(35)12(13)8-38-22(23)36)10(6-30-20(34)19(33)24(27,28)29)9-3-14(25)15(26)5-16(9)31-18/h3-5,19,33,37H,2,6-8H2,1H3,(H,30,34)/t19?,23-/m0/s1. The fourth-order valence-electron chi connectivity index (χ4n) is 4.78. The number of nitrogens with one attached hydrogen (secondary N) is 1. The van der Waals surface area contributed by atoms with Crippen LogP contribution in [0, 0.1) is 5.82 Å². The minimum Gasteiger partial charge on any atom is -0.458 e. The highest BCUT2D eigenvalue weighted by Crippen LogP contribution is 2.40. The van der Waals surface area contributed by atoms with Crippen LogP contribution < -0.4 is 10.9 Å². The number of fused-ring (bicyclic) bond motifs is 5. The molecule has 1 amide bonds. The lowest BCUT2D eigenvalue weighted by Crippen LogP contribution is -2.44. The molecule has 0 radical (unpaired) electrons. The summed E-state index contributed by atoms with van der Waals surface area (Å²) in [4.78, 5) is 42.2. The number of aliphatic hydroxyl groups is 2. The van der Waals surface area contributed by atoms with E-state index in [4.69, 9.17) is 16.3 Å². The van der Waals surface area contributed by atoms with Gasteiger partial charge in [-0.3, -0.25) is 9.59 Å². The molecule has 0 saturated heterocycles. The molecule has 0 fully saturated rings. The molecule has 2 aliphatic rings. The second-order valence-electron chi connectivity index (χ2n) is 8.97. The Morgan fingerprint density at radius 1 is 1.29 bits per heavy atom. The van der Waals surface area contributed by atoms with E-state index >= 15 is 0 Å². The van der Waals surface area contributed by atoms with Crippen molar-refractivity contribution in [2.24, 2.45) is 0 Å². The van der Waals surface area contributed by atoms with E-state index in [0.29, 0.717) is 5.56 Å². The minimum atomic E-state index is -5.20. The van der Waals surface area contributed by atoms with Gasteiger partial charge in [-0.15, -0.1) is 0 Å². The van der Waals surface area contributed by atoms with Crippen LogP contribution in [0.25, 0.3) is 22.3 Å². The summed E-state index contributed by atoms with van der Waals surface area (Å²) in [7, 11) is 0. The zero-order valence-electron chi connectivity index (χ0n) is 19.4. The van der Waals surface area contributed by atoms with Crippen LogP contribution in [0.1, 0.15) is 35.6 Å². The number of aromatic nitrogens is 2. The first-order valence-electron chi connectivity index (χ1n) is 11.3. The molecule has 2 aromatic heterocycles. The third kappa shape index (κ3) is 3.84. The van der Waals surface area contributed by atoms with Crippen molar-refractivity contribution in [1.82, 2.24) is 14.9 Å². The smallest absolute Gasteiger partial charge is 0.423 e. The number of nitrogens with zero attached hydrogens (tertiary/aromatic N) is 2. The quantitative estimate of drug-likeness (QED) is 0.260. The van der Waals surface area contributed by atoms with Crippen molar-refractivity contribution in [3.63, 3.8) is 0 Å². The van der Waals surface area contributed by atoms with Gasteiger partial charge < -0.3 is 24.8 Å². The number of alkyl halides is 3. The Kier molecular flexibility index (Phi) is 6.00. The number of cyclic esters (lactones) is 1. The Morgan fingerprint density at radius 3 is 2.66 bits per heavy atom. The SMILES string of the molecule is CC[C@@]1(O)C(=O)OCc2c1cc1n(c2=O)Cc2c-1nc1cc(F)c(Cl)cc1c2CNC(=O)C(O)C(F)(F)F. The molecule has 5 rings (SSSR count). The van der Waals surface area contributed by atoms with Gasteiger partial charge in [-0.05, 0) is 24.1 Å². The summed E-state index contributed by atoms with van der Waals surface area (Å²) in [5.41, 5.74) is -1.77. The van der Waals surface area contributed by atoms with Crippen molar-refractivity contribution < 1.29 is 42.1 Å². The van der Waals surface area contributed by atoms with Crippen LogP contribution in [-0.2, 0) is 39.6 Å². The number of hydrogen-bond donors (Lipinski definition) is 3. The van der Waals surface area contributed by atoms with E-state index in [1.54, 1.807) is 0 Å². The van der Waals surface area contributed by atoms with Crippen LogP contribution >= 0.6 is 11.6 Å². The first-order valence-corrected chi connectivity index (χ1v) is 11.7. The van der Waals surface area contributed by atoms with Gasteiger partial charge in [0.25, 0.3) is 11.5 Å². The zero-order valence-corrected chi connectivity index (χ0v) is 20.2. The van der Waals surface area contributed by atoms with Gasteiger partial charge in [0, 0.05) is 29.1 Å². The van der Waals surface area contributed by atoms with E-state index in [-0.39, 0.29) is 63.6 Å². The van der Waals surface area contributed by atoms with Crippen molar-refractivity contribution in [3.05, 3.63) is 61.6 Å². The maximum absolute atomic E-state index is 14.3. The molecule has 9 nitrogen and oxygen atoms in total. The number of pyridine rings is 2. The summed E-state index contributed by atoms with van der Waals surface area (Å²) in [6.07, 6.45) is -8.57. The van der Waals surface area contributed by atoms with E-state index in [0.717, 1.165) is 6.07 Å². The molecule has 0 bridgehead atoms. The van der Waals surface area contributed by atoms with Gasteiger partial charge in [-0.1, -0.05) is 18.5 Å². The average Bonchev–Trinajstić information content (AvgIpc) is 3.23. The maximum Gasteiger partial charge on any atom is 0.423 e. The summed E-state index contributed by atoms with van der Waals surface area (Å²) in [6.45, 7) is 0.475. The first-order chi connectivity index (χ1) is 17.8. The number of esters is 1. The van der Waals surface area contributed by atoms with Crippen molar-refractivity contribution in [2.75, 3.05) is 0 Å². The number of halogens is 5. The van der Waals surface area contributed by atoms with Crippen LogP contribution in [0.2, 0.25) is 5.02 Å². The van der Waals surface area contributed by atoms with Gasteiger partial charge in [-0.25, -0.2) is 14.2 Å². The molecule has 2 aliphatic heterocycles. The summed E-state index contributed by atoms with van der Waals surface area (Å²) in [5.74, 6) is -3.47. The van der Waals surface area contributed by atoms with Crippen LogP contribution in [0.3, 0.4) is 0 Å². The highest BCUT2D eigenvalue weighted by Gasteiger charge is 2.46. The van der Waals surface area contributed by atoms with E-state index in [2.05, 4.69) is 4.98 Å². The molecule has 2 atom stereocenters. The van der Waals surface area contributed by atoms with E-state index < -0.39 is 47.7 Å².